The highest BCUT2D eigenvalue weighted by atomic mass is 32.2. The summed E-state index contributed by atoms with van der Waals surface area (Å²) < 4.78 is 0. The van der Waals surface area contributed by atoms with Crippen LogP contribution >= 0.6 is 11.8 Å². The van der Waals surface area contributed by atoms with Gasteiger partial charge in [-0.05, 0) is 11.8 Å². The van der Waals surface area contributed by atoms with Crippen molar-refractivity contribution in [3.05, 3.63) is 0 Å². The van der Waals surface area contributed by atoms with Crippen molar-refractivity contribution < 1.29 is 14.7 Å². The SMILES string of the molecule is CC(=O)S[C@H](C(=O)O)[C@@H](C)C(C)C. The highest BCUT2D eigenvalue weighted by Crippen LogP contribution is 2.26. The summed E-state index contributed by atoms with van der Waals surface area (Å²) in [5.41, 5.74) is 0. The third-order valence-electron chi connectivity index (χ3n) is 2.07. The van der Waals surface area contributed by atoms with Crippen molar-refractivity contribution >= 4 is 22.8 Å². The fourth-order valence-electron chi connectivity index (χ4n) is 0.911. The molecule has 0 aliphatic heterocycles. The van der Waals surface area contributed by atoms with Gasteiger partial charge in [-0.25, -0.2) is 0 Å². The Kier molecular flexibility index (Phi) is 5.06. The van der Waals surface area contributed by atoms with Gasteiger partial charge in [-0.1, -0.05) is 32.5 Å². The Morgan fingerprint density at radius 3 is 1.92 bits per heavy atom. The first-order valence-corrected chi connectivity index (χ1v) is 5.14. The molecule has 0 radical (unpaired) electrons. The van der Waals surface area contributed by atoms with Gasteiger partial charge in [-0.3, -0.25) is 9.59 Å². The molecule has 0 aromatic rings. The zero-order valence-corrected chi connectivity index (χ0v) is 9.22. The first-order chi connectivity index (χ1) is 5.86. The lowest BCUT2D eigenvalue weighted by Gasteiger charge is -2.21. The Morgan fingerprint density at radius 1 is 1.23 bits per heavy atom. The monoisotopic (exact) mass is 204 g/mol. The summed E-state index contributed by atoms with van der Waals surface area (Å²) in [6.45, 7) is 7.18. The molecule has 3 nitrogen and oxygen atoms in total. The molecule has 0 saturated heterocycles. The van der Waals surface area contributed by atoms with E-state index >= 15 is 0 Å². The van der Waals surface area contributed by atoms with Gasteiger partial charge in [0.2, 0.25) is 0 Å². The summed E-state index contributed by atoms with van der Waals surface area (Å²) in [6, 6.07) is 0. The van der Waals surface area contributed by atoms with E-state index < -0.39 is 11.2 Å². The van der Waals surface area contributed by atoms with Crippen LogP contribution in [0.3, 0.4) is 0 Å². The summed E-state index contributed by atoms with van der Waals surface area (Å²) in [5.74, 6) is -0.624. The molecule has 0 spiro atoms. The highest BCUT2D eigenvalue weighted by molar-refractivity contribution is 8.14. The summed E-state index contributed by atoms with van der Waals surface area (Å²) >= 11 is 0.906. The average molecular weight is 204 g/mol. The van der Waals surface area contributed by atoms with Crippen LogP contribution in [-0.2, 0) is 9.59 Å². The Bertz CT molecular complexity index is 201. The minimum absolute atomic E-state index is 0.00593. The number of hydrogen-bond donors (Lipinski definition) is 1. The first kappa shape index (κ1) is 12.5. The Hall–Kier alpha value is -0.510. The second-order valence-electron chi connectivity index (χ2n) is 3.47. The summed E-state index contributed by atoms with van der Waals surface area (Å²) in [5, 5.41) is 8.12. The van der Waals surface area contributed by atoms with Gasteiger partial charge in [0.25, 0.3) is 0 Å². The van der Waals surface area contributed by atoms with Gasteiger partial charge in [-0.15, -0.1) is 0 Å². The van der Waals surface area contributed by atoms with Gasteiger partial charge in [-0.2, -0.15) is 0 Å². The molecule has 0 amide bonds. The Labute approximate surface area is 82.9 Å². The van der Waals surface area contributed by atoms with Gasteiger partial charge in [0.1, 0.15) is 5.25 Å². The molecule has 0 aromatic heterocycles. The third-order valence-corrected chi connectivity index (χ3v) is 3.28. The standard InChI is InChI=1S/C9H16O3S/c1-5(2)6(3)8(9(11)12)13-7(4)10/h5-6,8H,1-4H3,(H,11,12)/t6-,8-/m0/s1. The summed E-state index contributed by atoms with van der Waals surface area (Å²) in [4.78, 5) is 21.6. The number of carboxylic acids is 1. The lowest BCUT2D eigenvalue weighted by atomic mass is 9.94. The molecule has 1 N–H and O–H groups in total. The van der Waals surface area contributed by atoms with Crippen molar-refractivity contribution in [2.45, 2.75) is 32.9 Å². The van der Waals surface area contributed by atoms with Crippen molar-refractivity contribution in [3.63, 3.8) is 0 Å². The van der Waals surface area contributed by atoms with Gasteiger partial charge >= 0.3 is 5.97 Å². The van der Waals surface area contributed by atoms with Crippen LogP contribution in [0.25, 0.3) is 0 Å². The maximum atomic E-state index is 10.8. The summed E-state index contributed by atoms with van der Waals surface area (Å²) in [6.07, 6.45) is 0. The van der Waals surface area contributed by atoms with Crippen LogP contribution in [0.5, 0.6) is 0 Å². The molecule has 0 aliphatic rings. The van der Waals surface area contributed by atoms with E-state index in [1.807, 2.05) is 20.8 Å². The molecule has 0 bridgehead atoms. The van der Waals surface area contributed by atoms with Gasteiger partial charge in [0, 0.05) is 6.92 Å². The van der Waals surface area contributed by atoms with E-state index in [1.54, 1.807) is 0 Å². The molecular formula is C9H16O3S. The minimum Gasteiger partial charge on any atom is -0.480 e. The second kappa shape index (κ2) is 5.27. The highest BCUT2D eigenvalue weighted by Gasteiger charge is 2.28. The lowest BCUT2D eigenvalue weighted by molar-refractivity contribution is -0.137. The smallest absolute Gasteiger partial charge is 0.317 e. The molecule has 0 rings (SSSR count). The number of carbonyl (C=O) groups excluding carboxylic acids is 1. The van der Waals surface area contributed by atoms with Crippen LogP contribution < -0.4 is 0 Å². The summed E-state index contributed by atoms with van der Waals surface area (Å²) in [7, 11) is 0. The molecule has 4 heteroatoms. The predicted molar refractivity (Wildman–Crippen MR) is 53.7 cm³/mol. The Balaban J connectivity index is 4.41. The quantitative estimate of drug-likeness (QED) is 0.761. The van der Waals surface area contributed by atoms with Crippen molar-refractivity contribution in [1.82, 2.24) is 0 Å². The fraction of sp³-hybridized carbons (Fsp3) is 0.778. The second-order valence-corrected chi connectivity index (χ2v) is 4.79. The van der Waals surface area contributed by atoms with Crippen LogP contribution in [0.4, 0.5) is 0 Å². The van der Waals surface area contributed by atoms with Crippen LogP contribution in [0.2, 0.25) is 0 Å². The zero-order chi connectivity index (χ0) is 10.6. The number of rotatable bonds is 4. The number of hydrogen-bond acceptors (Lipinski definition) is 3. The topological polar surface area (TPSA) is 54.4 Å². The largest absolute Gasteiger partial charge is 0.480 e. The van der Waals surface area contributed by atoms with Crippen molar-refractivity contribution in [1.29, 1.82) is 0 Å². The maximum Gasteiger partial charge on any atom is 0.317 e. The van der Waals surface area contributed by atoms with Crippen molar-refractivity contribution in [2.24, 2.45) is 11.8 Å². The van der Waals surface area contributed by atoms with E-state index in [-0.39, 0.29) is 17.0 Å². The van der Waals surface area contributed by atoms with Gasteiger partial charge < -0.3 is 5.11 Å². The van der Waals surface area contributed by atoms with E-state index in [4.69, 9.17) is 5.11 Å². The average Bonchev–Trinajstić information content (AvgIpc) is 1.97. The van der Waals surface area contributed by atoms with Crippen LogP contribution in [0.15, 0.2) is 0 Å². The van der Waals surface area contributed by atoms with E-state index in [0.717, 1.165) is 11.8 Å². The Morgan fingerprint density at radius 2 is 1.69 bits per heavy atom. The molecule has 2 atom stereocenters. The lowest BCUT2D eigenvalue weighted by Crippen LogP contribution is -2.28. The molecule has 0 saturated carbocycles. The molecule has 13 heavy (non-hydrogen) atoms. The number of aliphatic carboxylic acids is 1. The van der Waals surface area contributed by atoms with E-state index in [9.17, 15) is 9.59 Å². The van der Waals surface area contributed by atoms with Gasteiger partial charge in [0.05, 0.1) is 0 Å². The molecule has 0 fully saturated rings. The van der Waals surface area contributed by atoms with Crippen LogP contribution in [-0.4, -0.2) is 21.4 Å². The van der Waals surface area contributed by atoms with Crippen LogP contribution in [0.1, 0.15) is 27.7 Å². The fourth-order valence-corrected chi connectivity index (χ4v) is 1.90. The molecule has 0 aliphatic carbocycles. The molecule has 0 unspecified atom stereocenters. The van der Waals surface area contributed by atoms with Gasteiger partial charge in [0.15, 0.2) is 5.12 Å². The van der Waals surface area contributed by atoms with Crippen LogP contribution in [0, 0.1) is 11.8 Å². The molecule has 76 valence electrons. The third kappa shape index (κ3) is 4.31. The first-order valence-electron chi connectivity index (χ1n) is 4.26. The number of carboxylic acid groups (broad SMARTS) is 1. The predicted octanol–water partition coefficient (Wildman–Crippen LogP) is 2.01. The molecule has 0 heterocycles. The number of carbonyl (C=O) groups is 2. The van der Waals surface area contributed by atoms with Crippen molar-refractivity contribution in [3.8, 4) is 0 Å². The van der Waals surface area contributed by atoms with E-state index in [2.05, 4.69) is 0 Å². The minimum atomic E-state index is -0.901. The zero-order valence-electron chi connectivity index (χ0n) is 8.40. The van der Waals surface area contributed by atoms with Crippen molar-refractivity contribution in [2.75, 3.05) is 0 Å². The maximum absolute atomic E-state index is 10.8. The normalized spacial score (nSPS) is 15.5. The van der Waals surface area contributed by atoms with E-state index in [0.29, 0.717) is 0 Å². The number of thioether (sulfide) groups is 1. The molecular weight excluding hydrogens is 188 g/mol. The molecule has 0 aromatic carbocycles. The van der Waals surface area contributed by atoms with E-state index in [1.165, 1.54) is 6.92 Å².